The highest BCUT2D eigenvalue weighted by molar-refractivity contribution is 4.57. The van der Waals surface area contributed by atoms with E-state index >= 15 is 0 Å². The second-order valence-corrected chi connectivity index (χ2v) is 2.42. The number of rotatable bonds is 3. The van der Waals surface area contributed by atoms with Crippen molar-refractivity contribution in [1.82, 2.24) is 4.98 Å². The SMILES string of the molecule is CC(CCO)[n+]1cc[nH]c1. The molecule has 0 aliphatic carbocycles. The summed E-state index contributed by atoms with van der Waals surface area (Å²) in [6.07, 6.45) is 6.52. The highest BCUT2D eigenvalue weighted by Gasteiger charge is 2.06. The zero-order valence-electron chi connectivity index (χ0n) is 6.12. The number of aromatic nitrogens is 2. The Morgan fingerprint density at radius 1 is 1.70 bits per heavy atom. The second-order valence-electron chi connectivity index (χ2n) is 2.42. The minimum Gasteiger partial charge on any atom is -0.396 e. The highest BCUT2D eigenvalue weighted by atomic mass is 16.3. The number of imidazole rings is 1. The van der Waals surface area contributed by atoms with E-state index in [4.69, 9.17) is 5.11 Å². The maximum absolute atomic E-state index is 8.61. The summed E-state index contributed by atoms with van der Waals surface area (Å²) in [4.78, 5) is 2.95. The van der Waals surface area contributed by atoms with E-state index in [1.807, 2.05) is 23.3 Å². The zero-order valence-corrected chi connectivity index (χ0v) is 6.12. The molecule has 0 amide bonds. The van der Waals surface area contributed by atoms with Crippen LogP contribution in [-0.4, -0.2) is 16.7 Å². The molecule has 1 aromatic rings. The van der Waals surface area contributed by atoms with Crippen molar-refractivity contribution in [3.63, 3.8) is 0 Å². The van der Waals surface area contributed by atoms with Gasteiger partial charge in [0.2, 0.25) is 6.33 Å². The van der Waals surface area contributed by atoms with Crippen LogP contribution < -0.4 is 4.57 Å². The Hall–Kier alpha value is -0.830. The summed E-state index contributed by atoms with van der Waals surface area (Å²) >= 11 is 0. The first-order chi connectivity index (χ1) is 4.84. The summed E-state index contributed by atoms with van der Waals surface area (Å²) in [7, 11) is 0. The molecule has 0 spiro atoms. The van der Waals surface area contributed by atoms with Gasteiger partial charge in [-0.2, -0.15) is 0 Å². The predicted octanol–water partition coefficient (Wildman–Crippen LogP) is 0.246. The maximum atomic E-state index is 8.61. The van der Waals surface area contributed by atoms with Crippen LogP contribution in [0, 0.1) is 0 Å². The average molecular weight is 141 g/mol. The lowest BCUT2D eigenvalue weighted by Crippen LogP contribution is -2.35. The van der Waals surface area contributed by atoms with Crippen molar-refractivity contribution in [2.45, 2.75) is 19.4 Å². The van der Waals surface area contributed by atoms with E-state index in [-0.39, 0.29) is 6.61 Å². The molecule has 1 unspecified atom stereocenters. The van der Waals surface area contributed by atoms with Gasteiger partial charge in [0.05, 0.1) is 6.04 Å². The van der Waals surface area contributed by atoms with E-state index in [9.17, 15) is 0 Å². The Morgan fingerprint density at radius 2 is 2.50 bits per heavy atom. The molecule has 0 aliphatic rings. The Kier molecular flexibility index (Phi) is 2.45. The topological polar surface area (TPSA) is 39.9 Å². The van der Waals surface area contributed by atoms with Crippen molar-refractivity contribution >= 4 is 0 Å². The number of aliphatic hydroxyl groups excluding tert-OH is 1. The standard InChI is InChI=1S/C7H12N2O/c1-7(2-5-10)9-4-3-8-6-9/h3-4,6-7,10H,2,5H2,1H3/p+1. The van der Waals surface area contributed by atoms with Gasteiger partial charge in [-0.3, -0.25) is 4.98 Å². The van der Waals surface area contributed by atoms with Crippen molar-refractivity contribution in [2.75, 3.05) is 6.61 Å². The largest absolute Gasteiger partial charge is 0.396 e. The van der Waals surface area contributed by atoms with Crippen LogP contribution in [0.2, 0.25) is 0 Å². The third kappa shape index (κ3) is 1.57. The normalized spacial score (nSPS) is 13.4. The number of nitrogens with zero attached hydrogens (tertiary/aromatic N) is 1. The molecule has 3 nitrogen and oxygen atoms in total. The lowest BCUT2D eigenvalue weighted by Gasteiger charge is -2.03. The lowest BCUT2D eigenvalue weighted by molar-refractivity contribution is -0.719. The number of aromatic amines is 1. The lowest BCUT2D eigenvalue weighted by atomic mass is 10.2. The van der Waals surface area contributed by atoms with E-state index in [0.717, 1.165) is 6.42 Å². The number of hydrogen-bond donors (Lipinski definition) is 2. The Bertz CT molecular complexity index is 172. The number of H-pyrrole nitrogens is 1. The minimum atomic E-state index is 0.249. The fraction of sp³-hybridized carbons (Fsp3) is 0.571. The summed E-state index contributed by atoms with van der Waals surface area (Å²) in [6.45, 7) is 2.32. The van der Waals surface area contributed by atoms with Crippen LogP contribution in [0.3, 0.4) is 0 Å². The molecule has 1 atom stereocenters. The molecule has 56 valence electrons. The van der Waals surface area contributed by atoms with Gasteiger partial charge in [0, 0.05) is 13.0 Å². The zero-order chi connectivity index (χ0) is 7.40. The summed E-state index contributed by atoms with van der Waals surface area (Å²) < 4.78 is 2.04. The summed E-state index contributed by atoms with van der Waals surface area (Å²) in [5.74, 6) is 0. The van der Waals surface area contributed by atoms with E-state index in [2.05, 4.69) is 11.9 Å². The quantitative estimate of drug-likeness (QED) is 0.582. The molecule has 0 saturated carbocycles. The van der Waals surface area contributed by atoms with Crippen LogP contribution in [0.1, 0.15) is 19.4 Å². The first-order valence-electron chi connectivity index (χ1n) is 3.49. The van der Waals surface area contributed by atoms with Crippen LogP contribution in [0.4, 0.5) is 0 Å². The molecule has 3 heteroatoms. The van der Waals surface area contributed by atoms with E-state index in [1.54, 1.807) is 0 Å². The Balaban J connectivity index is 2.50. The fourth-order valence-corrected chi connectivity index (χ4v) is 0.911. The predicted molar refractivity (Wildman–Crippen MR) is 37.4 cm³/mol. The molecule has 0 fully saturated rings. The number of aliphatic hydroxyl groups is 1. The summed E-state index contributed by atoms with van der Waals surface area (Å²) in [5.41, 5.74) is 0. The van der Waals surface area contributed by atoms with Crippen LogP contribution >= 0.6 is 0 Å². The maximum Gasteiger partial charge on any atom is 0.241 e. The van der Waals surface area contributed by atoms with Crippen LogP contribution in [0.5, 0.6) is 0 Å². The fourth-order valence-electron chi connectivity index (χ4n) is 0.911. The molecule has 0 aromatic carbocycles. The first-order valence-corrected chi connectivity index (χ1v) is 3.49. The molecular formula is C7H13N2O+. The monoisotopic (exact) mass is 141 g/mol. The molecule has 1 heterocycles. The molecule has 0 bridgehead atoms. The van der Waals surface area contributed by atoms with Crippen LogP contribution in [0.25, 0.3) is 0 Å². The van der Waals surface area contributed by atoms with Crippen LogP contribution in [0.15, 0.2) is 18.7 Å². The van der Waals surface area contributed by atoms with Gasteiger partial charge in [-0.05, 0) is 6.92 Å². The number of hydrogen-bond acceptors (Lipinski definition) is 1. The van der Waals surface area contributed by atoms with Gasteiger partial charge < -0.3 is 5.11 Å². The number of nitrogens with one attached hydrogen (secondary N) is 1. The Labute approximate surface area is 60.3 Å². The molecule has 0 saturated heterocycles. The van der Waals surface area contributed by atoms with Gasteiger partial charge in [-0.25, -0.2) is 4.57 Å². The van der Waals surface area contributed by atoms with E-state index < -0.39 is 0 Å². The van der Waals surface area contributed by atoms with Gasteiger partial charge in [-0.1, -0.05) is 0 Å². The smallest absolute Gasteiger partial charge is 0.241 e. The minimum absolute atomic E-state index is 0.249. The Morgan fingerprint density at radius 3 is 3.00 bits per heavy atom. The van der Waals surface area contributed by atoms with Gasteiger partial charge in [-0.15, -0.1) is 0 Å². The molecular weight excluding hydrogens is 128 g/mol. The van der Waals surface area contributed by atoms with Crippen molar-refractivity contribution in [2.24, 2.45) is 0 Å². The summed E-state index contributed by atoms with van der Waals surface area (Å²) in [6, 6.07) is 0.385. The highest BCUT2D eigenvalue weighted by Crippen LogP contribution is 1.97. The van der Waals surface area contributed by atoms with Gasteiger partial charge in [0.15, 0.2) is 0 Å². The van der Waals surface area contributed by atoms with Gasteiger partial charge in [0.25, 0.3) is 0 Å². The first kappa shape index (κ1) is 7.28. The summed E-state index contributed by atoms with van der Waals surface area (Å²) in [5, 5.41) is 8.61. The van der Waals surface area contributed by atoms with E-state index in [0.29, 0.717) is 6.04 Å². The molecule has 0 radical (unpaired) electrons. The van der Waals surface area contributed by atoms with E-state index in [1.165, 1.54) is 0 Å². The average Bonchev–Trinajstić information content (AvgIpc) is 2.38. The molecule has 0 aliphatic heterocycles. The van der Waals surface area contributed by atoms with Crippen LogP contribution in [-0.2, 0) is 0 Å². The van der Waals surface area contributed by atoms with Gasteiger partial charge >= 0.3 is 0 Å². The molecule has 1 rings (SSSR count). The van der Waals surface area contributed by atoms with Crippen molar-refractivity contribution in [3.8, 4) is 0 Å². The van der Waals surface area contributed by atoms with Crippen molar-refractivity contribution < 1.29 is 9.67 Å². The second kappa shape index (κ2) is 3.37. The van der Waals surface area contributed by atoms with Crippen molar-refractivity contribution in [3.05, 3.63) is 18.7 Å². The third-order valence-electron chi connectivity index (χ3n) is 1.62. The third-order valence-corrected chi connectivity index (χ3v) is 1.62. The van der Waals surface area contributed by atoms with Crippen molar-refractivity contribution in [1.29, 1.82) is 0 Å². The van der Waals surface area contributed by atoms with Gasteiger partial charge in [0.1, 0.15) is 12.4 Å². The molecule has 10 heavy (non-hydrogen) atoms. The molecule has 2 N–H and O–H groups in total. The molecule has 1 aromatic heterocycles.